The third kappa shape index (κ3) is 4.15. The number of pyridine rings is 1. The number of likely N-dealkylation sites (tertiary alicyclic amines) is 1. The third-order valence-electron chi connectivity index (χ3n) is 4.15. The zero-order chi connectivity index (χ0) is 18.9. The van der Waals surface area contributed by atoms with Crippen LogP contribution < -0.4 is 5.32 Å². The number of fused-ring (bicyclic) bond motifs is 1. The van der Waals surface area contributed by atoms with Crippen molar-refractivity contribution < 1.29 is 14.3 Å². The summed E-state index contributed by atoms with van der Waals surface area (Å²) in [4.78, 5) is 31.0. The van der Waals surface area contributed by atoms with Crippen molar-refractivity contribution >= 4 is 44.5 Å². The van der Waals surface area contributed by atoms with Crippen molar-refractivity contribution in [2.45, 2.75) is 45.3 Å². The van der Waals surface area contributed by atoms with E-state index in [1.165, 1.54) is 4.90 Å². The monoisotopic (exact) mass is 419 g/mol. The van der Waals surface area contributed by atoms with Gasteiger partial charge in [-0.3, -0.25) is 9.69 Å². The van der Waals surface area contributed by atoms with Crippen LogP contribution in [-0.2, 0) is 9.53 Å². The molecule has 138 valence electrons. The normalized spacial score (nSPS) is 17.4. The summed E-state index contributed by atoms with van der Waals surface area (Å²) in [6.45, 7) is 5.96. The predicted molar refractivity (Wildman–Crippen MR) is 104 cm³/mol. The minimum Gasteiger partial charge on any atom is -0.444 e. The Morgan fingerprint density at radius 2 is 2.08 bits per heavy atom. The van der Waals surface area contributed by atoms with Crippen LogP contribution in [0.2, 0.25) is 0 Å². The van der Waals surface area contributed by atoms with Gasteiger partial charge >= 0.3 is 6.09 Å². The first kappa shape index (κ1) is 18.6. The fourth-order valence-electron chi connectivity index (χ4n) is 3.03. The van der Waals surface area contributed by atoms with E-state index in [1.807, 2.05) is 45.0 Å². The SMILES string of the molecule is CC(C)(C)OC(=O)N1CCCC1C(=O)Nc1nccc2cc(Br)ccc12. The summed E-state index contributed by atoms with van der Waals surface area (Å²) in [5, 5.41) is 4.70. The third-order valence-corrected chi connectivity index (χ3v) is 4.64. The molecule has 3 rings (SSSR count). The van der Waals surface area contributed by atoms with Gasteiger partial charge in [-0.05, 0) is 63.3 Å². The average molecular weight is 420 g/mol. The lowest BCUT2D eigenvalue weighted by atomic mass is 10.1. The van der Waals surface area contributed by atoms with E-state index in [2.05, 4.69) is 26.2 Å². The number of aromatic nitrogens is 1. The Labute approximate surface area is 161 Å². The van der Waals surface area contributed by atoms with E-state index < -0.39 is 17.7 Å². The van der Waals surface area contributed by atoms with Crippen LogP contribution in [0.25, 0.3) is 10.8 Å². The number of carbonyl (C=O) groups is 2. The predicted octanol–water partition coefficient (Wildman–Crippen LogP) is 4.34. The Balaban J connectivity index is 1.78. The maximum Gasteiger partial charge on any atom is 0.410 e. The van der Waals surface area contributed by atoms with Crippen molar-refractivity contribution in [3.8, 4) is 0 Å². The van der Waals surface area contributed by atoms with E-state index in [9.17, 15) is 9.59 Å². The molecule has 1 fully saturated rings. The highest BCUT2D eigenvalue weighted by Crippen LogP contribution is 2.26. The van der Waals surface area contributed by atoms with Gasteiger partial charge in [0.25, 0.3) is 0 Å². The van der Waals surface area contributed by atoms with Crippen LogP contribution >= 0.6 is 15.9 Å². The first-order valence-electron chi connectivity index (χ1n) is 8.59. The molecule has 7 heteroatoms. The van der Waals surface area contributed by atoms with Gasteiger partial charge < -0.3 is 10.1 Å². The van der Waals surface area contributed by atoms with E-state index in [1.54, 1.807) is 6.20 Å². The summed E-state index contributed by atoms with van der Waals surface area (Å²) in [6.07, 6.45) is 2.59. The molecule has 1 aliphatic rings. The van der Waals surface area contributed by atoms with Gasteiger partial charge in [0.1, 0.15) is 17.5 Å². The number of benzene rings is 1. The van der Waals surface area contributed by atoms with Crippen LogP contribution in [0, 0.1) is 0 Å². The molecule has 1 aliphatic heterocycles. The highest BCUT2D eigenvalue weighted by molar-refractivity contribution is 9.10. The van der Waals surface area contributed by atoms with Gasteiger partial charge in [0.2, 0.25) is 5.91 Å². The van der Waals surface area contributed by atoms with E-state index in [4.69, 9.17) is 4.74 Å². The summed E-state index contributed by atoms with van der Waals surface area (Å²) in [7, 11) is 0. The van der Waals surface area contributed by atoms with Gasteiger partial charge in [0.15, 0.2) is 0 Å². The summed E-state index contributed by atoms with van der Waals surface area (Å²) in [6, 6.07) is 7.12. The van der Waals surface area contributed by atoms with Crippen molar-refractivity contribution in [1.82, 2.24) is 9.88 Å². The van der Waals surface area contributed by atoms with E-state index in [0.29, 0.717) is 18.8 Å². The van der Waals surface area contributed by atoms with Gasteiger partial charge in [0, 0.05) is 22.6 Å². The molecule has 1 N–H and O–H groups in total. The molecule has 1 atom stereocenters. The molecule has 0 saturated carbocycles. The van der Waals surface area contributed by atoms with E-state index >= 15 is 0 Å². The Kier molecular flexibility index (Phi) is 5.18. The summed E-state index contributed by atoms with van der Waals surface area (Å²) in [5.74, 6) is 0.257. The van der Waals surface area contributed by atoms with Gasteiger partial charge in [-0.1, -0.05) is 15.9 Å². The standard InChI is InChI=1S/C19H22BrN3O3/c1-19(2,3)26-18(25)23-10-4-5-15(23)17(24)22-16-14-7-6-13(20)11-12(14)8-9-21-16/h6-9,11,15H,4-5,10H2,1-3H3,(H,21,22,24). The van der Waals surface area contributed by atoms with Crippen molar-refractivity contribution in [3.05, 3.63) is 34.9 Å². The van der Waals surface area contributed by atoms with Gasteiger partial charge in [-0.25, -0.2) is 9.78 Å². The highest BCUT2D eigenvalue weighted by Gasteiger charge is 2.36. The summed E-state index contributed by atoms with van der Waals surface area (Å²) >= 11 is 3.44. The molecular weight excluding hydrogens is 398 g/mol. The van der Waals surface area contributed by atoms with Crippen LogP contribution in [0.5, 0.6) is 0 Å². The van der Waals surface area contributed by atoms with Crippen molar-refractivity contribution in [1.29, 1.82) is 0 Å². The second-order valence-corrected chi connectivity index (χ2v) is 8.26. The van der Waals surface area contributed by atoms with Crippen LogP contribution in [0.15, 0.2) is 34.9 Å². The molecule has 1 unspecified atom stereocenters. The van der Waals surface area contributed by atoms with E-state index in [-0.39, 0.29) is 5.91 Å². The van der Waals surface area contributed by atoms with Crippen molar-refractivity contribution in [2.24, 2.45) is 0 Å². The zero-order valence-electron chi connectivity index (χ0n) is 15.1. The molecule has 26 heavy (non-hydrogen) atoms. The van der Waals surface area contributed by atoms with Crippen LogP contribution in [0.3, 0.4) is 0 Å². The minimum atomic E-state index is -0.592. The van der Waals surface area contributed by atoms with Crippen molar-refractivity contribution in [3.63, 3.8) is 0 Å². The topological polar surface area (TPSA) is 71.5 Å². The first-order chi connectivity index (χ1) is 12.2. The smallest absolute Gasteiger partial charge is 0.410 e. The van der Waals surface area contributed by atoms with Gasteiger partial charge in [-0.15, -0.1) is 0 Å². The molecule has 2 aromatic rings. The van der Waals surface area contributed by atoms with Crippen LogP contribution in [-0.4, -0.2) is 40.1 Å². The quantitative estimate of drug-likeness (QED) is 0.785. The Hall–Kier alpha value is -2.15. The lowest BCUT2D eigenvalue weighted by Crippen LogP contribution is -2.45. The van der Waals surface area contributed by atoms with Gasteiger partial charge in [0.05, 0.1) is 0 Å². The largest absolute Gasteiger partial charge is 0.444 e. The summed E-state index contributed by atoms with van der Waals surface area (Å²) < 4.78 is 6.38. The Morgan fingerprint density at radius 3 is 2.81 bits per heavy atom. The summed E-state index contributed by atoms with van der Waals surface area (Å²) in [5.41, 5.74) is -0.592. The molecule has 1 aromatic heterocycles. The number of rotatable bonds is 2. The molecule has 0 aliphatic carbocycles. The number of carbonyl (C=O) groups excluding carboxylic acids is 2. The lowest BCUT2D eigenvalue weighted by Gasteiger charge is -2.28. The molecule has 1 aromatic carbocycles. The van der Waals surface area contributed by atoms with Gasteiger partial charge in [-0.2, -0.15) is 0 Å². The average Bonchev–Trinajstić information content (AvgIpc) is 3.03. The molecular formula is C19H22BrN3O3. The number of nitrogens with zero attached hydrogens (tertiary/aromatic N) is 2. The fourth-order valence-corrected chi connectivity index (χ4v) is 3.41. The van der Waals surface area contributed by atoms with Crippen LogP contribution in [0.1, 0.15) is 33.6 Å². The number of ether oxygens (including phenoxy) is 1. The molecule has 6 nitrogen and oxygen atoms in total. The fraction of sp³-hybridized carbons (Fsp3) is 0.421. The van der Waals surface area contributed by atoms with Crippen molar-refractivity contribution in [2.75, 3.05) is 11.9 Å². The number of halogens is 1. The molecule has 0 bridgehead atoms. The first-order valence-corrected chi connectivity index (χ1v) is 9.39. The van der Waals surface area contributed by atoms with Crippen LogP contribution in [0.4, 0.5) is 10.6 Å². The molecule has 2 amide bonds. The Morgan fingerprint density at radius 1 is 1.31 bits per heavy atom. The maximum absolute atomic E-state index is 12.8. The maximum atomic E-state index is 12.8. The molecule has 1 saturated heterocycles. The van der Waals surface area contributed by atoms with E-state index in [0.717, 1.165) is 21.7 Å². The zero-order valence-corrected chi connectivity index (χ0v) is 16.7. The molecule has 2 heterocycles. The highest BCUT2D eigenvalue weighted by atomic mass is 79.9. The Bertz CT molecular complexity index is 848. The molecule has 0 radical (unpaired) electrons. The molecule has 0 spiro atoms. The minimum absolute atomic E-state index is 0.240. The number of hydrogen-bond acceptors (Lipinski definition) is 4. The number of nitrogens with one attached hydrogen (secondary N) is 1. The number of anilines is 1. The second kappa shape index (κ2) is 7.23. The number of amides is 2. The number of hydrogen-bond donors (Lipinski definition) is 1. The second-order valence-electron chi connectivity index (χ2n) is 7.35. The lowest BCUT2D eigenvalue weighted by molar-refractivity contribution is -0.120.